The van der Waals surface area contributed by atoms with Gasteiger partial charge in [-0.2, -0.15) is 0 Å². The van der Waals surface area contributed by atoms with Crippen molar-refractivity contribution in [3.63, 3.8) is 0 Å². The van der Waals surface area contributed by atoms with Crippen LogP contribution in [0.25, 0.3) is 0 Å². The lowest BCUT2D eigenvalue weighted by Gasteiger charge is -2.33. The maximum absolute atomic E-state index is 5.39. The molecule has 1 saturated carbocycles. The summed E-state index contributed by atoms with van der Waals surface area (Å²) in [5, 5.41) is 1.14. The molecule has 8 heavy (non-hydrogen) atoms. The number of halogens is 1. The van der Waals surface area contributed by atoms with Crippen molar-refractivity contribution < 1.29 is 4.74 Å². The summed E-state index contributed by atoms with van der Waals surface area (Å²) in [4.78, 5) is 0. The van der Waals surface area contributed by atoms with Crippen LogP contribution in [0.4, 0.5) is 0 Å². The lowest BCUT2D eigenvalue weighted by molar-refractivity contribution is 0.117. The van der Waals surface area contributed by atoms with E-state index in [-0.39, 0.29) is 0 Å². The molecule has 2 heterocycles. The third-order valence-corrected chi connectivity index (χ3v) is 3.42. The van der Waals surface area contributed by atoms with E-state index in [2.05, 4.69) is 15.9 Å². The molecule has 1 nitrogen and oxygen atoms in total. The van der Waals surface area contributed by atoms with Crippen molar-refractivity contribution >= 4 is 15.9 Å². The Balaban J connectivity index is 2.09. The molecule has 0 spiro atoms. The first-order valence-corrected chi connectivity index (χ1v) is 4.14. The van der Waals surface area contributed by atoms with Crippen LogP contribution in [0.15, 0.2) is 0 Å². The maximum atomic E-state index is 5.39. The van der Waals surface area contributed by atoms with Gasteiger partial charge in [0.15, 0.2) is 0 Å². The first kappa shape index (κ1) is 5.24. The zero-order valence-electron chi connectivity index (χ0n) is 4.69. The average Bonchev–Trinajstić information content (AvgIpc) is 2.17. The second kappa shape index (κ2) is 1.48. The fourth-order valence-electron chi connectivity index (χ4n) is 1.58. The van der Waals surface area contributed by atoms with Gasteiger partial charge in [0.25, 0.3) is 0 Å². The topological polar surface area (TPSA) is 9.23 Å². The van der Waals surface area contributed by atoms with Crippen LogP contribution in [-0.4, -0.2) is 18.0 Å². The molecule has 0 aromatic rings. The van der Waals surface area contributed by atoms with Crippen LogP contribution in [0.1, 0.15) is 12.8 Å². The Kier molecular flexibility index (Phi) is 0.970. The minimum atomic E-state index is 0.574. The molecule has 2 saturated heterocycles. The van der Waals surface area contributed by atoms with Gasteiger partial charge in [-0.15, -0.1) is 0 Å². The average molecular weight is 177 g/mol. The molecule has 1 aliphatic carbocycles. The van der Waals surface area contributed by atoms with Gasteiger partial charge in [0.2, 0.25) is 0 Å². The van der Waals surface area contributed by atoms with Crippen molar-refractivity contribution in [2.24, 2.45) is 5.41 Å². The monoisotopic (exact) mass is 176 g/mol. The first-order valence-electron chi connectivity index (χ1n) is 3.02. The van der Waals surface area contributed by atoms with Gasteiger partial charge in [-0.3, -0.25) is 0 Å². The molecule has 2 bridgehead atoms. The number of rotatable bonds is 1. The van der Waals surface area contributed by atoms with Crippen molar-refractivity contribution in [3.05, 3.63) is 0 Å². The molecule has 46 valence electrons. The van der Waals surface area contributed by atoms with Crippen LogP contribution < -0.4 is 0 Å². The minimum absolute atomic E-state index is 0.574. The lowest BCUT2D eigenvalue weighted by atomic mass is 9.72. The minimum Gasteiger partial charge on any atom is -0.378 e. The standard InChI is InChI=1S/C6H9BrO/c7-3-6-1-5(2-6)8-4-6/h5H,1-4H2. The smallest absolute Gasteiger partial charge is 0.0588 e. The molecule has 0 atom stereocenters. The van der Waals surface area contributed by atoms with E-state index >= 15 is 0 Å². The molecule has 3 fully saturated rings. The van der Waals surface area contributed by atoms with Crippen LogP contribution >= 0.6 is 15.9 Å². The summed E-state index contributed by atoms with van der Waals surface area (Å²) in [5.74, 6) is 0. The quantitative estimate of drug-likeness (QED) is 0.552. The van der Waals surface area contributed by atoms with E-state index in [9.17, 15) is 0 Å². The fraction of sp³-hybridized carbons (Fsp3) is 1.00. The predicted octanol–water partition coefficient (Wildman–Crippen LogP) is 1.56. The number of ether oxygens (including phenoxy) is 1. The first-order chi connectivity index (χ1) is 3.85. The molecular weight excluding hydrogens is 168 g/mol. The van der Waals surface area contributed by atoms with Gasteiger partial charge in [0.1, 0.15) is 0 Å². The number of fused-ring (bicyclic) bond motifs is 1. The van der Waals surface area contributed by atoms with Gasteiger partial charge < -0.3 is 4.74 Å². The normalized spacial score (nSPS) is 51.4. The summed E-state index contributed by atoms with van der Waals surface area (Å²) in [6, 6.07) is 0. The molecule has 0 aromatic carbocycles. The number of alkyl halides is 1. The van der Waals surface area contributed by atoms with E-state index in [1.54, 1.807) is 0 Å². The second-order valence-electron chi connectivity index (χ2n) is 2.97. The largest absolute Gasteiger partial charge is 0.378 e. The predicted molar refractivity (Wildman–Crippen MR) is 35.2 cm³/mol. The van der Waals surface area contributed by atoms with Gasteiger partial charge in [0, 0.05) is 10.7 Å². The molecule has 3 rings (SSSR count). The van der Waals surface area contributed by atoms with Gasteiger partial charge in [-0.1, -0.05) is 15.9 Å². The van der Waals surface area contributed by atoms with E-state index in [0.717, 1.165) is 11.9 Å². The van der Waals surface area contributed by atoms with Crippen LogP contribution in [-0.2, 0) is 4.74 Å². The summed E-state index contributed by atoms with van der Waals surface area (Å²) in [7, 11) is 0. The van der Waals surface area contributed by atoms with E-state index in [0.29, 0.717) is 11.5 Å². The molecule has 0 unspecified atom stereocenters. The van der Waals surface area contributed by atoms with Gasteiger partial charge >= 0.3 is 0 Å². The molecule has 0 amide bonds. The Morgan fingerprint density at radius 2 is 2.38 bits per heavy atom. The molecule has 0 N–H and O–H groups in total. The van der Waals surface area contributed by atoms with Crippen molar-refractivity contribution in [3.8, 4) is 0 Å². The highest BCUT2D eigenvalue weighted by molar-refractivity contribution is 9.09. The molecule has 0 aromatic heterocycles. The highest BCUT2D eigenvalue weighted by Crippen LogP contribution is 2.50. The fourth-order valence-corrected chi connectivity index (χ4v) is 2.20. The van der Waals surface area contributed by atoms with E-state index in [1.165, 1.54) is 12.8 Å². The summed E-state index contributed by atoms with van der Waals surface area (Å²) in [6.45, 7) is 1.00. The van der Waals surface area contributed by atoms with Gasteiger partial charge in [-0.25, -0.2) is 0 Å². The zero-order valence-corrected chi connectivity index (χ0v) is 6.28. The Hall–Kier alpha value is 0.440. The van der Waals surface area contributed by atoms with Crippen molar-refractivity contribution in [2.75, 3.05) is 11.9 Å². The van der Waals surface area contributed by atoms with Crippen molar-refractivity contribution in [2.45, 2.75) is 18.9 Å². The van der Waals surface area contributed by atoms with Crippen molar-refractivity contribution in [1.29, 1.82) is 0 Å². The summed E-state index contributed by atoms with van der Waals surface area (Å²) >= 11 is 3.49. The zero-order chi connectivity index (χ0) is 5.61. The third-order valence-electron chi connectivity index (χ3n) is 2.23. The Morgan fingerprint density at radius 3 is 2.62 bits per heavy atom. The van der Waals surface area contributed by atoms with E-state index in [4.69, 9.17) is 4.74 Å². The highest BCUT2D eigenvalue weighted by atomic mass is 79.9. The Labute approximate surface area is 57.5 Å². The molecular formula is C6H9BrO. The molecule has 0 radical (unpaired) electrons. The number of hydrogen-bond donors (Lipinski definition) is 0. The van der Waals surface area contributed by atoms with Gasteiger partial charge in [-0.05, 0) is 12.8 Å². The highest BCUT2D eigenvalue weighted by Gasteiger charge is 2.50. The summed E-state index contributed by atoms with van der Waals surface area (Å²) in [5.41, 5.74) is 0.574. The van der Waals surface area contributed by atoms with E-state index in [1.807, 2.05) is 0 Å². The Morgan fingerprint density at radius 1 is 1.62 bits per heavy atom. The maximum Gasteiger partial charge on any atom is 0.0588 e. The van der Waals surface area contributed by atoms with E-state index < -0.39 is 0 Å². The van der Waals surface area contributed by atoms with Crippen LogP contribution in [0.5, 0.6) is 0 Å². The molecule has 2 aliphatic heterocycles. The van der Waals surface area contributed by atoms with Crippen LogP contribution in [0, 0.1) is 5.41 Å². The Bertz CT molecular complexity index is 102. The second-order valence-corrected chi connectivity index (χ2v) is 3.54. The lowest BCUT2D eigenvalue weighted by Crippen LogP contribution is -2.33. The molecule has 2 heteroatoms. The molecule has 3 aliphatic rings. The van der Waals surface area contributed by atoms with Crippen LogP contribution in [0.2, 0.25) is 0 Å². The third kappa shape index (κ3) is 0.504. The van der Waals surface area contributed by atoms with Crippen molar-refractivity contribution in [1.82, 2.24) is 0 Å². The number of hydrogen-bond acceptors (Lipinski definition) is 1. The SMILES string of the molecule is BrCC12COC(C1)C2. The summed E-state index contributed by atoms with van der Waals surface area (Å²) < 4.78 is 5.39. The van der Waals surface area contributed by atoms with Crippen LogP contribution in [0.3, 0.4) is 0 Å². The summed E-state index contributed by atoms with van der Waals surface area (Å²) in [6.07, 6.45) is 3.24. The van der Waals surface area contributed by atoms with Gasteiger partial charge in [0.05, 0.1) is 12.7 Å².